The maximum atomic E-state index is 12.5. The smallest absolute Gasteiger partial charge is 0.305 e. The highest BCUT2D eigenvalue weighted by Crippen LogP contribution is 2.22. The third-order valence-corrected chi connectivity index (χ3v) is 3.79. The molecule has 0 unspecified atom stereocenters. The molecule has 0 aliphatic rings. The standard InChI is InChI=1S/C19H21NO5/c1-3-25-18(21)6-4-5-17(20-23)19(22)15-8-7-14-12-16(24-2)10-9-13(14)11-15/h7-12,23H,3-6H2,1-2H3/b20-17+. The van der Waals surface area contributed by atoms with Gasteiger partial charge >= 0.3 is 5.97 Å². The third kappa shape index (κ3) is 4.79. The average Bonchev–Trinajstić information content (AvgIpc) is 2.64. The quantitative estimate of drug-likeness (QED) is 0.260. The van der Waals surface area contributed by atoms with Crippen LogP contribution >= 0.6 is 0 Å². The summed E-state index contributed by atoms with van der Waals surface area (Å²) in [7, 11) is 1.60. The van der Waals surface area contributed by atoms with Gasteiger partial charge < -0.3 is 14.7 Å². The number of esters is 1. The minimum atomic E-state index is -0.357. The van der Waals surface area contributed by atoms with Crippen LogP contribution in [0.25, 0.3) is 10.8 Å². The molecular weight excluding hydrogens is 322 g/mol. The molecule has 0 fully saturated rings. The van der Waals surface area contributed by atoms with E-state index in [0.717, 1.165) is 16.5 Å². The van der Waals surface area contributed by atoms with Crippen LogP contribution in [0.5, 0.6) is 5.75 Å². The number of oxime groups is 1. The van der Waals surface area contributed by atoms with E-state index in [-0.39, 0.29) is 30.3 Å². The molecule has 0 atom stereocenters. The van der Waals surface area contributed by atoms with Crippen LogP contribution in [0.2, 0.25) is 0 Å². The lowest BCUT2D eigenvalue weighted by molar-refractivity contribution is -0.143. The van der Waals surface area contributed by atoms with Crippen LogP contribution in [-0.2, 0) is 9.53 Å². The van der Waals surface area contributed by atoms with E-state index >= 15 is 0 Å². The fraction of sp³-hybridized carbons (Fsp3) is 0.316. The van der Waals surface area contributed by atoms with Gasteiger partial charge in [0.2, 0.25) is 5.78 Å². The number of fused-ring (bicyclic) bond motifs is 1. The van der Waals surface area contributed by atoms with Gasteiger partial charge in [-0.05, 0) is 48.7 Å². The lowest BCUT2D eigenvalue weighted by Crippen LogP contribution is -2.15. The van der Waals surface area contributed by atoms with Crippen LogP contribution in [0.3, 0.4) is 0 Å². The molecule has 2 aromatic rings. The summed E-state index contributed by atoms with van der Waals surface area (Å²) in [6.07, 6.45) is 0.765. The van der Waals surface area contributed by atoms with Crippen molar-refractivity contribution in [3.63, 3.8) is 0 Å². The van der Waals surface area contributed by atoms with Gasteiger partial charge in [0.1, 0.15) is 11.5 Å². The molecule has 0 bridgehead atoms. The largest absolute Gasteiger partial charge is 0.497 e. The van der Waals surface area contributed by atoms with Crippen molar-refractivity contribution in [1.29, 1.82) is 0 Å². The Morgan fingerprint density at radius 3 is 2.48 bits per heavy atom. The van der Waals surface area contributed by atoms with Crippen LogP contribution < -0.4 is 4.74 Å². The molecule has 0 aliphatic heterocycles. The predicted octanol–water partition coefficient (Wildman–Crippen LogP) is 3.59. The number of ketones is 1. The van der Waals surface area contributed by atoms with Crippen molar-refractivity contribution in [3.05, 3.63) is 42.0 Å². The van der Waals surface area contributed by atoms with Crippen molar-refractivity contribution in [1.82, 2.24) is 0 Å². The van der Waals surface area contributed by atoms with Crippen LogP contribution in [0.15, 0.2) is 41.6 Å². The molecule has 1 N–H and O–H groups in total. The van der Waals surface area contributed by atoms with Crippen LogP contribution in [-0.4, -0.2) is 36.4 Å². The molecule has 0 saturated heterocycles. The molecule has 0 aromatic heterocycles. The van der Waals surface area contributed by atoms with Gasteiger partial charge in [0.15, 0.2) is 0 Å². The van der Waals surface area contributed by atoms with Gasteiger partial charge in [-0.1, -0.05) is 23.4 Å². The summed E-state index contributed by atoms with van der Waals surface area (Å²) in [4.78, 5) is 23.8. The fourth-order valence-electron chi connectivity index (χ4n) is 2.50. The van der Waals surface area contributed by atoms with Gasteiger partial charge in [-0.2, -0.15) is 0 Å². The summed E-state index contributed by atoms with van der Waals surface area (Å²) in [5, 5.41) is 14.1. The number of hydrogen-bond donors (Lipinski definition) is 1. The summed E-state index contributed by atoms with van der Waals surface area (Å²) in [6.45, 7) is 2.05. The highest BCUT2D eigenvalue weighted by atomic mass is 16.5. The zero-order valence-electron chi connectivity index (χ0n) is 14.3. The van der Waals surface area contributed by atoms with E-state index in [1.807, 2.05) is 24.3 Å². The maximum absolute atomic E-state index is 12.5. The molecule has 6 nitrogen and oxygen atoms in total. The van der Waals surface area contributed by atoms with Crippen LogP contribution in [0.4, 0.5) is 0 Å². The van der Waals surface area contributed by atoms with Crippen molar-refractivity contribution < 1.29 is 24.3 Å². The number of benzene rings is 2. The summed E-state index contributed by atoms with van der Waals surface area (Å²) in [5.41, 5.74) is 0.457. The maximum Gasteiger partial charge on any atom is 0.305 e. The number of hydrogen-bond acceptors (Lipinski definition) is 6. The second-order valence-electron chi connectivity index (χ2n) is 5.46. The first kappa shape index (κ1) is 18.4. The van der Waals surface area contributed by atoms with E-state index in [2.05, 4.69) is 5.16 Å². The molecule has 132 valence electrons. The zero-order chi connectivity index (χ0) is 18.2. The Balaban J connectivity index is 2.09. The van der Waals surface area contributed by atoms with Crippen LogP contribution in [0.1, 0.15) is 36.5 Å². The monoisotopic (exact) mass is 343 g/mol. The molecule has 25 heavy (non-hydrogen) atoms. The summed E-state index contributed by atoms with van der Waals surface area (Å²) in [6, 6.07) is 10.8. The lowest BCUT2D eigenvalue weighted by Gasteiger charge is -2.07. The summed E-state index contributed by atoms with van der Waals surface area (Å²) in [5.74, 6) is 0.0547. The number of ether oxygens (including phenoxy) is 2. The Morgan fingerprint density at radius 2 is 1.80 bits per heavy atom. The molecule has 6 heteroatoms. The minimum absolute atomic E-state index is 0.0251. The minimum Gasteiger partial charge on any atom is -0.497 e. The van der Waals surface area contributed by atoms with E-state index in [9.17, 15) is 9.59 Å². The van der Waals surface area contributed by atoms with Crippen molar-refractivity contribution in [3.8, 4) is 5.75 Å². The third-order valence-electron chi connectivity index (χ3n) is 3.79. The van der Waals surface area contributed by atoms with Crippen molar-refractivity contribution in [2.45, 2.75) is 26.2 Å². The Morgan fingerprint density at radius 1 is 1.08 bits per heavy atom. The molecule has 2 rings (SSSR count). The second kappa shape index (κ2) is 8.82. The molecular formula is C19H21NO5. The Labute approximate surface area is 146 Å². The Hall–Kier alpha value is -2.89. The highest BCUT2D eigenvalue weighted by Gasteiger charge is 2.16. The topological polar surface area (TPSA) is 85.2 Å². The van der Waals surface area contributed by atoms with E-state index in [1.54, 1.807) is 26.2 Å². The molecule has 2 aromatic carbocycles. The Kier molecular flexibility index (Phi) is 6.51. The van der Waals surface area contributed by atoms with Gasteiger partial charge in [0.25, 0.3) is 0 Å². The zero-order valence-corrected chi connectivity index (χ0v) is 14.3. The van der Waals surface area contributed by atoms with E-state index in [4.69, 9.17) is 14.7 Å². The first-order chi connectivity index (χ1) is 12.1. The van der Waals surface area contributed by atoms with Crippen molar-refractivity contribution in [2.75, 3.05) is 13.7 Å². The summed E-state index contributed by atoms with van der Waals surface area (Å²) >= 11 is 0. The summed E-state index contributed by atoms with van der Waals surface area (Å²) < 4.78 is 10.0. The first-order valence-corrected chi connectivity index (χ1v) is 8.08. The van der Waals surface area contributed by atoms with Gasteiger partial charge in [-0.25, -0.2) is 0 Å². The molecule has 0 spiro atoms. The van der Waals surface area contributed by atoms with Gasteiger partial charge in [-0.15, -0.1) is 0 Å². The molecule has 0 aliphatic carbocycles. The number of Topliss-reactive ketones (excluding diaryl/α,β-unsaturated/α-hetero) is 1. The highest BCUT2D eigenvalue weighted by molar-refractivity contribution is 6.46. The van der Waals surface area contributed by atoms with Gasteiger partial charge in [0, 0.05) is 12.0 Å². The van der Waals surface area contributed by atoms with Gasteiger partial charge in [0.05, 0.1) is 13.7 Å². The fourth-order valence-corrected chi connectivity index (χ4v) is 2.50. The van der Waals surface area contributed by atoms with E-state index in [1.165, 1.54) is 0 Å². The van der Waals surface area contributed by atoms with Crippen LogP contribution in [0, 0.1) is 0 Å². The van der Waals surface area contributed by atoms with E-state index in [0.29, 0.717) is 18.6 Å². The lowest BCUT2D eigenvalue weighted by atomic mass is 9.99. The molecule has 0 heterocycles. The number of rotatable bonds is 8. The normalized spacial score (nSPS) is 11.4. The average molecular weight is 343 g/mol. The van der Waals surface area contributed by atoms with E-state index < -0.39 is 0 Å². The number of carbonyl (C=O) groups excluding carboxylic acids is 2. The second-order valence-corrected chi connectivity index (χ2v) is 5.46. The van der Waals surface area contributed by atoms with Crippen molar-refractivity contribution in [2.24, 2.45) is 5.16 Å². The molecule has 0 saturated carbocycles. The first-order valence-electron chi connectivity index (χ1n) is 8.08. The molecule has 0 amide bonds. The molecule has 0 radical (unpaired) electrons. The number of nitrogens with zero attached hydrogens (tertiary/aromatic N) is 1. The van der Waals surface area contributed by atoms with Crippen molar-refractivity contribution >= 4 is 28.2 Å². The van der Waals surface area contributed by atoms with Gasteiger partial charge in [-0.3, -0.25) is 9.59 Å². The number of carbonyl (C=O) groups is 2. The predicted molar refractivity (Wildman–Crippen MR) is 94.5 cm³/mol. The SMILES string of the molecule is CCOC(=O)CCC/C(=N\O)C(=O)c1ccc2cc(OC)ccc2c1. The number of methoxy groups -OCH3 is 1. The Bertz CT molecular complexity index is 798.